The maximum atomic E-state index is 14.3. The van der Waals surface area contributed by atoms with E-state index >= 15 is 0 Å². The average Bonchev–Trinajstić information content (AvgIpc) is 2.53. The summed E-state index contributed by atoms with van der Waals surface area (Å²) in [5.74, 6) is 4.89. The molecule has 0 spiro atoms. The summed E-state index contributed by atoms with van der Waals surface area (Å²) in [6.45, 7) is 3.90. The first kappa shape index (κ1) is 15.0. The van der Waals surface area contributed by atoms with Crippen molar-refractivity contribution >= 4 is 10.8 Å². The first-order valence-corrected chi connectivity index (χ1v) is 7.94. The van der Waals surface area contributed by atoms with Gasteiger partial charge in [0, 0.05) is 5.39 Å². The minimum Gasteiger partial charge on any atom is -0.203 e. The number of benzene rings is 2. The van der Waals surface area contributed by atoms with Gasteiger partial charge in [-0.25, -0.2) is 8.78 Å². The van der Waals surface area contributed by atoms with Gasteiger partial charge in [0.25, 0.3) is 0 Å². The van der Waals surface area contributed by atoms with Gasteiger partial charge < -0.3 is 0 Å². The van der Waals surface area contributed by atoms with Crippen LogP contribution in [0.15, 0.2) is 24.3 Å². The van der Waals surface area contributed by atoms with Crippen molar-refractivity contribution in [1.29, 1.82) is 0 Å². The highest BCUT2D eigenvalue weighted by molar-refractivity contribution is 5.85. The predicted molar refractivity (Wildman–Crippen MR) is 86.8 cm³/mol. The zero-order valence-corrected chi connectivity index (χ0v) is 13.0. The van der Waals surface area contributed by atoms with E-state index in [4.69, 9.17) is 0 Å². The molecule has 0 saturated heterocycles. The van der Waals surface area contributed by atoms with Crippen LogP contribution in [0.2, 0.25) is 0 Å². The summed E-state index contributed by atoms with van der Waals surface area (Å²) >= 11 is 0. The van der Waals surface area contributed by atoms with Crippen molar-refractivity contribution in [2.45, 2.75) is 45.4 Å². The zero-order chi connectivity index (χ0) is 15.7. The molecule has 1 fully saturated rings. The van der Waals surface area contributed by atoms with Gasteiger partial charge in [-0.3, -0.25) is 0 Å². The molecule has 3 rings (SSSR count). The molecule has 2 aromatic carbocycles. The van der Waals surface area contributed by atoms with Gasteiger partial charge in [0.1, 0.15) is 0 Å². The van der Waals surface area contributed by atoms with Crippen LogP contribution >= 0.6 is 0 Å². The monoisotopic (exact) mass is 298 g/mol. The summed E-state index contributed by atoms with van der Waals surface area (Å²) in [6.07, 6.45) is 4.70. The molecule has 0 unspecified atom stereocenters. The van der Waals surface area contributed by atoms with Crippen LogP contribution in [-0.4, -0.2) is 0 Å². The van der Waals surface area contributed by atoms with Crippen molar-refractivity contribution in [2.24, 2.45) is 5.92 Å². The van der Waals surface area contributed by atoms with Crippen molar-refractivity contribution < 1.29 is 8.78 Å². The Hall–Kier alpha value is -1.88. The lowest BCUT2D eigenvalue weighted by molar-refractivity contribution is 0.348. The molecule has 2 aromatic rings. The fraction of sp³-hybridized carbons (Fsp3) is 0.400. The number of fused-ring (bicyclic) bond motifs is 1. The Morgan fingerprint density at radius 1 is 1.00 bits per heavy atom. The normalized spacial score (nSPS) is 21.5. The highest BCUT2D eigenvalue weighted by Crippen LogP contribution is 2.37. The molecular weight excluding hydrogens is 278 g/mol. The molecule has 0 amide bonds. The molecule has 0 radical (unpaired) electrons. The fourth-order valence-corrected chi connectivity index (χ4v) is 3.42. The van der Waals surface area contributed by atoms with Crippen LogP contribution in [0.1, 0.15) is 56.6 Å². The second kappa shape index (κ2) is 6.08. The Morgan fingerprint density at radius 3 is 2.41 bits per heavy atom. The van der Waals surface area contributed by atoms with E-state index in [1.165, 1.54) is 12.8 Å². The lowest BCUT2D eigenvalue weighted by atomic mass is 9.79. The summed E-state index contributed by atoms with van der Waals surface area (Å²) in [6, 6.07) is 7.42. The van der Waals surface area contributed by atoms with Crippen LogP contribution in [0.25, 0.3) is 10.8 Å². The third kappa shape index (κ3) is 2.73. The van der Waals surface area contributed by atoms with Gasteiger partial charge in [-0.2, -0.15) is 0 Å². The summed E-state index contributed by atoms with van der Waals surface area (Å²) < 4.78 is 28.4. The van der Waals surface area contributed by atoms with Crippen molar-refractivity contribution in [3.8, 4) is 11.8 Å². The highest BCUT2D eigenvalue weighted by Gasteiger charge is 2.21. The molecule has 0 N–H and O–H groups in total. The molecule has 0 aliphatic heterocycles. The summed E-state index contributed by atoms with van der Waals surface area (Å²) in [5.41, 5.74) is 1.26. The molecular formula is C20H20F2. The van der Waals surface area contributed by atoms with Crippen LogP contribution < -0.4 is 0 Å². The molecule has 1 aliphatic carbocycles. The van der Waals surface area contributed by atoms with Crippen molar-refractivity contribution in [3.05, 3.63) is 47.0 Å². The smallest absolute Gasteiger partial charge is 0.175 e. The van der Waals surface area contributed by atoms with Crippen LogP contribution in [0.3, 0.4) is 0 Å². The molecule has 0 aromatic heterocycles. The molecule has 114 valence electrons. The molecule has 1 saturated carbocycles. The second-order valence-corrected chi connectivity index (χ2v) is 6.36. The standard InChI is InChI=1S/C20H20F2/c1-3-4-17-11-16-10-9-15(12-18(16)20(22)19(17)21)14-7-5-13(2)6-8-14/h9-14H,5-8H2,1-2H3. The number of hydrogen-bond acceptors (Lipinski definition) is 0. The lowest BCUT2D eigenvalue weighted by Crippen LogP contribution is -2.10. The van der Waals surface area contributed by atoms with Gasteiger partial charge in [0.2, 0.25) is 0 Å². The van der Waals surface area contributed by atoms with E-state index < -0.39 is 11.6 Å². The van der Waals surface area contributed by atoms with E-state index in [1.807, 2.05) is 12.1 Å². The van der Waals surface area contributed by atoms with Gasteiger partial charge in [0.05, 0.1) is 5.56 Å². The Kier molecular flexibility index (Phi) is 4.16. The van der Waals surface area contributed by atoms with Gasteiger partial charge >= 0.3 is 0 Å². The molecule has 1 aliphatic rings. The topological polar surface area (TPSA) is 0 Å². The SMILES string of the molecule is CC#Cc1cc2ccc(C3CCC(C)CC3)cc2c(F)c1F. The second-order valence-electron chi connectivity index (χ2n) is 6.36. The Bertz CT molecular complexity index is 757. The van der Waals surface area contributed by atoms with E-state index in [9.17, 15) is 8.78 Å². The van der Waals surface area contributed by atoms with Gasteiger partial charge in [-0.05, 0) is 54.7 Å². The molecule has 0 heterocycles. The number of halogens is 2. The first-order chi connectivity index (χ1) is 10.6. The van der Waals surface area contributed by atoms with Crippen molar-refractivity contribution in [3.63, 3.8) is 0 Å². The van der Waals surface area contributed by atoms with Crippen LogP contribution in [0.5, 0.6) is 0 Å². The molecule has 0 atom stereocenters. The number of rotatable bonds is 1. The van der Waals surface area contributed by atoms with Crippen molar-refractivity contribution in [2.75, 3.05) is 0 Å². The van der Waals surface area contributed by atoms with E-state index in [0.29, 0.717) is 16.7 Å². The maximum absolute atomic E-state index is 14.3. The maximum Gasteiger partial charge on any atom is 0.175 e. The van der Waals surface area contributed by atoms with E-state index in [1.54, 1.807) is 13.0 Å². The summed E-state index contributed by atoms with van der Waals surface area (Å²) in [5, 5.41) is 1.08. The lowest BCUT2D eigenvalue weighted by Gasteiger charge is -2.26. The zero-order valence-electron chi connectivity index (χ0n) is 13.0. The minimum atomic E-state index is -0.837. The quantitative estimate of drug-likeness (QED) is 0.585. The fourth-order valence-electron chi connectivity index (χ4n) is 3.42. The Balaban J connectivity index is 2.04. The molecule has 0 bridgehead atoms. The van der Waals surface area contributed by atoms with Gasteiger partial charge in [-0.1, -0.05) is 37.8 Å². The van der Waals surface area contributed by atoms with E-state index in [2.05, 4.69) is 24.8 Å². The first-order valence-electron chi connectivity index (χ1n) is 7.94. The highest BCUT2D eigenvalue weighted by atomic mass is 19.2. The third-order valence-electron chi connectivity index (χ3n) is 4.79. The minimum absolute atomic E-state index is 0.131. The van der Waals surface area contributed by atoms with Crippen molar-refractivity contribution in [1.82, 2.24) is 0 Å². The molecule has 0 nitrogen and oxygen atoms in total. The van der Waals surface area contributed by atoms with Crippen LogP contribution in [-0.2, 0) is 0 Å². The number of hydrogen-bond donors (Lipinski definition) is 0. The van der Waals surface area contributed by atoms with Crippen LogP contribution in [0.4, 0.5) is 8.78 Å². The Morgan fingerprint density at radius 2 is 1.73 bits per heavy atom. The van der Waals surface area contributed by atoms with Gasteiger partial charge in [0.15, 0.2) is 11.6 Å². The summed E-state index contributed by atoms with van der Waals surface area (Å²) in [4.78, 5) is 0. The van der Waals surface area contributed by atoms with Gasteiger partial charge in [-0.15, -0.1) is 5.92 Å². The average molecular weight is 298 g/mol. The predicted octanol–water partition coefficient (Wildman–Crippen LogP) is 5.78. The largest absolute Gasteiger partial charge is 0.203 e. The summed E-state index contributed by atoms with van der Waals surface area (Å²) in [7, 11) is 0. The molecule has 22 heavy (non-hydrogen) atoms. The third-order valence-corrected chi connectivity index (χ3v) is 4.79. The van der Waals surface area contributed by atoms with E-state index in [-0.39, 0.29) is 5.56 Å². The Labute approximate surface area is 130 Å². The molecule has 2 heteroatoms. The van der Waals surface area contributed by atoms with E-state index in [0.717, 1.165) is 24.3 Å². The van der Waals surface area contributed by atoms with Crippen LogP contribution in [0, 0.1) is 29.4 Å².